The molecule has 2 heterocycles. The fourth-order valence-electron chi connectivity index (χ4n) is 4.80. The normalized spacial score (nSPS) is 18.9. The first-order chi connectivity index (χ1) is 20.1. The van der Waals surface area contributed by atoms with Crippen LogP contribution < -0.4 is 5.32 Å². The van der Waals surface area contributed by atoms with Gasteiger partial charge in [-0.3, -0.25) is 34.7 Å². The summed E-state index contributed by atoms with van der Waals surface area (Å²) in [7, 11) is 0. The molecule has 1 saturated heterocycles. The van der Waals surface area contributed by atoms with E-state index in [2.05, 4.69) is 5.32 Å². The number of fused-ring (bicyclic) bond motifs is 1. The molecule has 1 amide bonds. The fourth-order valence-corrected chi connectivity index (χ4v) is 6.19. The SMILES string of the molecule is CCOC1(OCC)C(NC(=O)Cc2cccc([N+](=O)[O-])c2)[C@@H]2SCC(C=O)=C(C(=O)OCc3ccc([N+](=O)[O-])cc3)N21. The number of carbonyl (C=O) groups is 3. The molecule has 2 aromatic carbocycles. The molecule has 1 N–H and O–H groups in total. The first-order valence-electron chi connectivity index (χ1n) is 13.0. The van der Waals surface area contributed by atoms with Gasteiger partial charge in [-0.15, -0.1) is 11.8 Å². The van der Waals surface area contributed by atoms with Crippen LogP contribution in [0.1, 0.15) is 25.0 Å². The zero-order chi connectivity index (χ0) is 30.4. The molecule has 2 aliphatic rings. The van der Waals surface area contributed by atoms with Gasteiger partial charge in [0.05, 0.1) is 16.3 Å². The van der Waals surface area contributed by atoms with Gasteiger partial charge < -0.3 is 19.5 Å². The van der Waals surface area contributed by atoms with E-state index in [4.69, 9.17) is 14.2 Å². The molecule has 2 aliphatic heterocycles. The Bertz CT molecular complexity index is 1410. The molecule has 1 fully saturated rings. The lowest BCUT2D eigenvalue weighted by Gasteiger charge is -2.63. The first-order valence-corrected chi connectivity index (χ1v) is 14.0. The van der Waals surface area contributed by atoms with Gasteiger partial charge in [0.1, 0.15) is 30.0 Å². The summed E-state index contributed by atoms with van der Waals surface area (Å²) in [4.78, 5) is 61.0. The lowest BCUT2D eigenvalue weighted by atomic mass is 9.97. The van der Waals surface area contributed by atoms with Crippen molar-refractivity contribution >= 4 is 41.3 Å². The van der Waals surface area contributed by atoms with E-state index in [1.165, 1.54) is 59.1 Å². The van der Waals surface area contributed by atoms with Crippen molar-refractivity contribution < 1.29 is 38.4 Å². The number of benzene rings is 2. The van der Waals surface area contributed by atoms with Gasteiger partial charge in [0.15, 0.2) is 0 Å². The van der Waals surface area contributed by atoms with E-state index in [1.807, 2.05) is 0 Å². The van der Waals surface area contributed by atoms with E-state index in [0.717, 1.165) is 0 Å². The number of rotatable bonds is 13. The molecule has 0 bridgehead atoms. The molecule has 4 rings (SSSR count). The molecule has 42 heavy (non-hydrogen) atoms. The van der Waals surface area contributed by atoms with Gasteiger partial charge in [0, 0.05) is 48.8 Å². The topological polar surface area (TPSA) is 180 Å². The summed E-state index contributed by atoms with van der Waals surface area (Å²) >= 11 is 1.30. The average molecular weight is 601 g/mol. The van der Waals surface area contributed by atoms with Crippen molar-refractivity contribution in [2.75, 3.05) is 19.0 Å². The Labute approximate surface area is 244 Å². The lowest BCUT2D eigenvalue weighted by molar-refractivity contribution is -0.385. The van der Waals surface area contributed by atoms with E-state index in [-0.39, 0.29) is 54.6 Å². The number of hydrogen-bond donors (Lipinski definition) is 1. The number of non-ortho nitro benzene ring substituents is 2. The summed E-state index contributed by atoms with van der Waals surface area (Å²) in [6.07, 6.45) is 0.409. The average Bonchev–Trinajstić information content (AvgIpc) is 2.98. The van der Waals surface area contributed by atoms with Gasteiger partial charge in [-0.05, 0) is 37.1 Å². The quantitative estimate of drug-likeness (QED) is 0.117. The number of ether oxygens (including phenoxy) is 3. The summed E-state index contributed by atoms with van der Waals surface area (Å²) < 4.78 is 17.5. The number of aldehydes is 1. The Morgan fingerprint density at radius 2 is 1.71 bits per heavy atom. The highest BCUT2D eigenvalue weighted by Gasteiger charge is 2.67. The van der Waals surface area contributed by atoms with Crippen LogP contribution >= 0.6 is 11.8 Å². The van der Waals surface area contributed by atoms with E-state index >= 15 is 0 Å². The Kier molecular flexibility index (Phi) is 9.55. The second-order valence-electron chi connectivity index (χ2n) is 9.21. The molecule has 15 heteroatoms. The van der Waals surface area contributed by atoms with Gasteiger partial charge in [-0.1, -0.05) is 12.1 Å². The Hall–Kier alpha value is -4.34. The monoisotopic (exact) mass is 600 g/mol. The maximum absolute atomic E-state index is 13.4. The minimum atomic E-state index is -1.64. The Morgan fingerprint density at radius 3 is 2.31 bits per heavy atom. The van der Waals surface area contributed by atoms with E-state index in [1.54, 1.807) is 19.9 Å². The Balaban J connectivity index is 1.57. The van der Waals surface area contributed by atoms with Gasteiger partial charge in [-0.2, -0.15) is 0 Å². The molecule has 0 radical (unpaired) electrons. The zero-order valence-corrected chi connectivity index (χ0v) is 23.5. The molecule has 14 nitrogen and oxygen atoms in total. The van der Waals surface area contributed by atoms with Crippen molar-refractivity contribution in [2.45, 2.75) is 44.2 Å². The third kappa shape index (κ3) is 6.12. The van der Waals surface area contributed by atoms with Crippen LogP contribution in [-0.2, 0) is 41.6 Å². The molecule has 2 atom stereocenters. The highest BCUT2D eigenvalue weighted by atomic mass is 32.2. The number of nitro benzene ring substituents is 2. The highest BCUT2D eigenvalue weighted by Crippen LogP contribution is 2.51. The van der Waals surface area contributed by atoms with E-state index in [9.17, 15) is 34.6 Å². The number of esters is 1. The number of nitro groups is 2. The molecular formula is C27H28N4O10S. The van der Waals surface area contributed by atoms with Crippen LogP contribution in [0.15, 0.2) is 59.8 Å². The Morgan fingerprint density at radius 1 is 1.05 bits per heavy atom. The number of amides is 1. The van der Waals surface area contributed by atoms with Crippen molar-refractivity contribution in [3.8, 4) is 0 Å². The van der Waals surface area contributed by atoms with Crippen LogP contribution in [0.5, 0.6) is 0 Å². The number of thioether (sulfide) groups is 1. The van der Waals surface area contributed by atoms with E-state index in [0.29, 0.717) is 17.4 Å². The smallest absolute Gasteiger partial charge is 0.355 e. The van der Waals surface area contributed by atoms with Crippen LogP contribution in [0.2, 0.25) is 0 Å². The molecule has 0 saturated carbocycles. The highest BCUT2D eigenvalue weighted by molar-refractivity contribution is 8.00. The fraction of sp³-hybridized carbons (Fsp3) is 0.370. The van der Waals surface area contributed by atoms with Gasteiger partial charge in [0.25, 0.3) is 17.3 Å². The summed E-state index contributed by atoms with van der Waals surface area (Å²) in [6.45, 7) is 3.48. The number of nitrogens with one attached hydrogen (secondary N) is 1. The molecule has 0 aromatic heterocycles. The van der Waals surface area contributed by atoms with Crippen molar-refractivity contribution in [2.24, 2.45) is 0 Å². The summed E-state index contributed by atoms with van der Waals surface area (Å²) in [5.41, 5.74) is 0.766. The standard InChI is InChI=1S/C27H28N4O10S/c1-3-40-27(41-4-2)24(28-22(33)13-18-6-5-7-21(12-18)31(37)38)25-29(27)23(19(14-32)16-42-25)26(34)39-15-17-8-10-20(11-9-17)30(35)36/h5-12,14,24-25H,3-4,13,15-16H2,1-2H3,(H,28,33)/t24?,25-/m0/s1. The summed E-state index contributed by atoms with van der Waals surface area (Å²) in [5.74, 6) is -2.77. The van der Waals surface area contributed by atoms with Crippen molar-refractivity contribution in [3.63, 3.8) is 0 Å². The molecular weight excluding hydrogens is 572 g/mol. The third-order valence-electron chi connectivity index (χ3n) is 6.58. The van der Waals surface area contributed by atoms with Crippen LogP contribution in [0.3, 0.4) is 0 Å². The van der Waals surface area contributed by atoms with Gasteiger partial charge >= 0.3 is 5.97 Å². The lowest BCUT2D eigenvalue weighted by Crippen LogP contribution is -2.82. The van der Waals surface area contributed by atoms with Crippen LogP contribution in [0.4, 0.5) is 11.4 Å². The molecule has 2 aromatic rings. The van der Waals surface area contributed by atoms with Gasteiger partial charge in [0.2, 0.25) is 5.91 Å². The maximum atomic E-state index is 13.4. The zero-order valence-electron chi connectivity index (χ0n) is 22.7. The van der Waals surface area contributed by atoms with Gasteiger partial charge in [-0.25, -0.2) is 4.79 Å². The predicted octanol–water partition coefficient (Wildman–Crippen LogP) is 2.84. The second kappa shape index (κ2) is 13.1. The summed E-state index contributed by atoms with van der Waals surface area (Å²) in [5, 5.41) is 24.4. The predicted molar refractivity (Wildman–Crippen MR) is 149 cm³/mol. The number of carbonyl (C=O) groups excluding carboxylic acids is 3. The maximum Gasteiger partial charge on any atom is 0.355 e. The van der Waals surface area contributed by atoms with E-state index < -0.39 is 39.0 Å². The van der Waals surface area contributed by atoms with Crippen LogP contribution in [0, 0.1) is 20.2 Å². The second-order valence-corrected chi connectivity index (χ2v) is 10.3. The minimum Gasteiger partial charge on any atom is -0.456 e. The summed E-state index contributed by atoms with van der Waals surface area (Å²) in [6, 6.07) is 10.5. The first kappa shape index (κ1) is 30.6. The molecule has 0 spiro atoms. The molecule has 222 valence electrons. The number of nitrogens with zero attached hydrogens (tertiary/aromatic N) is 3. The number of hydrogen-bond acceptors (Lipinski definition) is 12. The largest absolute Gasteiger partial charge is 0.456 e. The van der Waals surface area contributed by atoms with Crippen molar-refractivity contribution in [3.05, 3.63) is 91.2 Å². The van der Waals surface area contributed by atoms with Crippen molar-refractivity contribution in [1.82, 2.24) is 10.2 Å². The molecule has 1 unspecified atom stereocenters. The van der Waals surface area contributed by atoms with Crippen molar-refractivity contribution in [1.29, 1.82) is 0 Å². The van der Waals surface area contributed by atoms with Crippen LogP contribution in [-0.4, -0.2) is 69.2 Å². The van der Waals surface area contributed by atoms with Crippen LogP contribution in [0.25, 0.3) is 0 Å². The molecule has 0 aliphatic carbocycles. The minimum absolute atomic E-state index is 0.0678. The third-order valence-corrected chi connectivity index (χ3v) is 7.88.